The molecule has 2 aromatic heterocycles. The van der Waals surface area contributed by atoms with Crippen molar-refractivity contribution in [3.8, 4) is 11.5 Å². The normalized spacial score (nSPS) is 18.9. The lowest BCUT2D eigenvalue weighted by molar-refractivity contribution is 0.254. The summed E-state index contributed by atoms with van der Waals surface area (Å²) >= 11 is 1.60. The van der Waals surface area contributed by atoms with Crippen LogP contribution in [0.2, 0.25) is 0 Å². The maximum atomic E-state index is 13.1. The molecular formula is C23H24N2O3S. The number of aromatic nitrogens is 2. The third-order valence-electron chi connectivity index (χ3n) is 5.84. The number of hydrogen-bond acceptors (Lipinski definition) is 5. The molecular weight excluding hydrogens is 384 g/mol. The molecule has 0 bridgehead atoms. The quantitative estimate of drug-likeness (QED) is 0.628. The van der Waals surface area contributed by atoms with Gasteiger partial charge < -0.3 is 9.47 Å². The Balaban J connectivity index is 1.65. The summed E-state index contributed by atoms with van der Waals surface area (Å²) in [5.41, 5.74) is 4.37. The van der Waals surface area contributed by atoms with Crippen molar-refractivity contribution < 1.29 is 9.47 Å². The number of ether oxygens (including phenoxy) is 2. The molecule has 0 fully saturated rings. The van der Waals surface area contributed by atoms with E-state index in [0.29, 0.717) is 13.2 Å². The maximum Gasteiger partial charge on any atom is 0.262 e. The molecule has 3 aromatic rings. The monoisotopic (exact) mass is 408 g/mol. The zero-order valence-corrected chi connectivity index (χ0v) is 18.0. The van der Waals surface area contributed by atoms with Crippen LogP contribution in [0.3, 0.4) is 0 Å². The van der Waals surface area contributed by atoms with Crippen molar-refractivity contribution >= 4 is 33.2 Å². The smallest absolute Gasteiger partial charge is 0.262 e. The van der Waals surface area contributed by atoms with E-state index in [1.54, 1.807) is 11.3 Å². The summed E-state index contributed by atoms with van der Waals surface area (Å²) < 4.78 is 13.7. The fourth-order valence-corrected chi connectivity index (χ4v) is 5.32. The Labute approximate surface area is 173 Å². The average Bonchev–Trinajstić information content (AvgIpc) is 3.32. The van der Waals surface area contributed by atoms with Gasteiger partial charge in [0.05, 0.1) is 12.0 Å². The lowest BCUT2D eigenvalue weighted by Gasteiger charge is -2.11. The summed E-state index contributed by atoms with van der Waals surface area (Å²) in [5.74, 6) is 2.57. The van der Waals surface area contributed by atoms with E-state index in [2.05, 4.69) is 25.1 Å². The fourth-order valence-electron chi connectivity index (χ4n) is 4.30. The van der Waals surface area contributed by atoms with Crippen LogP contribution in [0.15, 0.2) is 16.9 Å². The van der Waals surface area contributed by atoms with Crippen LogP contribution in [-0.2, 0) is 13.0 Å². The minimum absolute atomic E-state index is 0.0754. The third kappa shape index (κ3) is 2.89. The standard InChI is InChI=1S/C23H24N2O3S/c1-5-27-18-10-16-8-12(2)28-19(16)11-17(18)9-15-6-7-25-21(15)24-22-20(23(25)26)13(3)14(4)29-22/h9-12H,5-8H2,1-4H3/b15-9+/t12-/m1/s1. The van der Waals surface area contributed by atoms with Crippen LogP contribution in [0.1, 0.15) is 47.7 Å². The third-order valence-corrected chi connectivity index (χ3v) is 6.94. The van der Waals surface area contributed by atoms with E-state index in [1.807, 2.05) is 25.3 Å². The fraction of sp³-hybridized carbons (Fsp3) is 0.391. The van der Waals surface area contributed by atoms with Gasteiger partial charge in [-0.1, -0.05) is 0 Å². The summed E-state index contributed by atoms with van der Waals surface area (Å²) in [6.45, 7) is 9.41. The van der Waals surface area contributed by atoms with E-state index in [-0.39, 0.29) is 11.7 Å². The summed E-state index contributed by atoms with van der Waals surface area (Å²) in [5, 5.41) is 0.771. The second-order valence-electron chi connectivity index (χ2n) is 7.84. The summed E-state index contributed by atoms with van der Waals surface area (Å²) in [6.07, 6.45) is 3.99. The number of thiophene rings is 1. The van der Waals surface area contributed by atoms with Crippen molar-refractivity contribution in [1.82, 2.24) is 9.55 Å². The number of rotatable bonds is 3. The minimum atomic E-state index is 0.0754. The molecule has 0 aliphatic carbocycles. The van der Waals surface area contributed by atoms with Gasteiger partial charge in [-0.3, -0.25) is 9.36 Å². The van der Waals surface area contributed by atoms with Gasteiger partial charge in [0.2, 0.25) is 0 Å². The topological polar surface area (TPSA) is 53.4 Å². The van der Waals surface area contributed by atoms with Crippen molar-refractivity contribution in [3.63, 3.8) is 0 Å². The van der Waals surface area contributed by atoms with Crippen molar-refractivity contribution in [2.45, 2.75) is 53.2 Å². The maximum absolute atomic E-state index is 13.1. The van der Waals surface area contributed by atoms with Gasteiger partial charge in [-0.15, -0.1) is 11.3 Å². The molecule has 2 aliphatic heterocycles. The van der Waals surface area contributed by atoms with Crippen molar-refractivity contribution in [3.05, 3.63) is 49.9 Å². The molecule has 0 saturated carbocycles. The van der Waals surface area contributed by atoms with Crippen molar-refractivity contribution in [1.29, 1.82) is 0 Å². The van der Waals surface area contributed by atoms with Gasteiger partial charge in [-0.05, 0) is 63.5 Å². The molecule has 5 nitrogen and oxygen atoms in total. The Bertz CT molecular complexity index is 1240. The SMILES string of the molecule is CCOc1cc2c(cc1/C=C1\CCn3c1nc1sc(C)c(C)c1c3=O)O[C@H](C)C2. The van der Waals surface area contributed by atoms with E-state index in [9.17, 15) is 4.79 Å². The molecule has 1 aromatic carbocycles. The predicted octanol–water partition coefficient (Wildman–Crippen LogP) is 4.74. The first-order chi connectivity index (χ1) is 14.0. The van der Waals surface area contributed by atoms with Gasteiger partial charge in [0.25, 0.3) is 5.56 Å². The molecule has 0 amide bonds. The van der Waals surface area contributed by atoms with Gasteiger partial charge in [0.15, 0.2) is 0 Å². The molecule has 0 saturated heterocycles. The van der Waals surface area contributed by atoms with Gasteiger partial charge in [0, 0.05) is 29.0 Å². The first kappa shape index (κ1) is 18.4. The molecule has 0 unspecified atom stereocenters. The minimum Gasteiger partial charge on any atom is -0.493 e. The molecule has 6 heteroatoms. The Kier molecular flexibility index (Phi) is 4.28. The van der Waals surface area contributed by atoms with E-state index < -0.39 is 0 Å². The molecule has 0 radical (unpaired) electrons. The summed E-state index contributed by atoms with van der Waals surface area (Å²) in [7, 11) is 0. The van der Waals surface area contributed by atoms with Gasteiger partial charge >= 0.3 is 0 Å². The Morgan fingerprint density at radius 2 is 2.21 bits per heavy atom. The molecule has 4 heterocycles. The molecule has 1 atom stereocenters. The van der Waals surface area contributed by atoms with Crippen LogP contribution in [0, 0.1) is 13.8 Å². The number of aryl methyl sites for hydroxylation is 2. The second-order valence-corrected chi connectivity index (χ2v) is 9.04. The number of allylic oxidation sites excluding steroid dienone is 1. The van der Waals surface area contributed by atoms with Crippen LogP contribution >= 0.6 is 11.3 Å². The molecule has 5 rings (SSSR count). The van der Waals surface area contributed by atoms with Crippen LogP contribution in [0.25, 0.3) is 21.9 Å². The van der Waals surface area contributed by atoms with Crippen LogP contribution in [0.4, 0.5) is 0 Å². The molecule has 0 N–H and O–H groups in total. The van der Waals surface area contributed by atoms with E-state index >= 15 is 0 Å². The number of hydrogen-bond donors (Lipinski definition) is 0. The highest BCUT2D eigenvalue weighted by Crippen LogP contribution is 2.38. The van der Waals surface area contributed by atoms with Gasteiger partial charge in [0.1, 0.15) is 28.3 Å². The Hall–Kier alpha value is -2.60. The Morgan fingerprint density at radius 1 is 1.38 bits per heavy atom. The number of nitrogens with zero attached hydrogens (tertiary/aromatic N) is 2. The van der Waals surface area contributed by atoms with Crippen LogP contribution in [0.5, 0.6) is 11.5 Å². The summed E-state index contributed by atoms with van der Waals surface area (Å²) in [6, 6.07) is 4.16. The van der Waals surface area contributed by atoms with Gasteiger partial charge in [-0.2, -0.15) is 0 Å². The van der Waals surface area contributed by atoms with Crippen LogP contribution < -0.4 is 15.0 Å². The van der Waals surface area contributed by atoms with Crippen molar-refractivity contribution in [2.75, 3.05) is 6.61 Å². The molecule has 29 heavy (non-hydrogen) atoms. The van der Waals surface area contributed by atoms with E-state index in [0.717, 1.165) is 62.0 Å². The lowest BCUT2D eigenvalue weighted by Crippen LogP contribution is -2.20. The first-order valence-electron chi connectivity index (χ1n) is 10.1. The predicted molar refractivity (Wildman–Crippen MR) is 117 cm³/mol. The Morgan fingerprint density at radius 3 is 3.00 bits per heavy atom. The second kappa shape index (κ2) is 6.73. The molecule has 0 spiro atoms. The van der Waals surface area contributed by atoms with E-state index in [1.165, 1.54) is 5.56 Å². The zero-order valence-electron chi connectivity index (χ0n) is 17.2. The molecule has 2 aliphatic rings. The highest BCUT2D eigenvalue weighted by molar-refractivity contribution is 7.18. The van der Waals surface area contributed by atoms with Crippen molar-refractivity contribution in [2.24, 2.45) is 0 Å². The molecule has 150 valence electrons. The van der Waals surface area contributed by atoms with Gasteiger partial charge in [-0.25, -0.2) is 4.98 Å². The number of benzene rings is 1. The highest BCUT2D eigenvalue weighted by atomic mass is 32.1. The van der Waals surface area contributed by atoms with E-state index in [4.69, 9.17) is 14.5 Å². The number of fused-ring (bicyclic) bond motifs is 3. The lowest BCUT2D eigenvalue weighted by atomic mass is 10.0. The van der Waals surface area contributed by atoms with Crippen LogP contribution in [-0.4, -0.2) is 22.3 Å². The largest absolute Gasteiger partial charge is 0.493 e. The average molecular weight is 409 g/mol. The summed E-state index contributed by atoms with van der Waals surface area (Å²) in [4.78, 5) is 19.9. The zero-order chi connectivity index (χ0) is 20.3. The highest BCUT2D eigenvalue weighted by Gasteiger charge is 2.25. The first-order valence-corrected chi connectivity index (χ1v) is 11.0.